The van der Waals surface area contributed by atoms with Gasteiger partial charge in [-0.05, 0) is 47.1 Å². The van der Waals surface area contributed by atoms with E-state index in [2.05, 4.69) is 26.6 Å². The normalized spacial score (nSPS) is 10.0. The molecule has 0 aliphatic rings. The van der Waals surface area contributed by atoms with Crippen molar-refractivity contribution in [3.63, 3.8) is 0 Å². The smallest absolute Gasteiger partial charge is 0.258 e. The van der Waals surface area contributed by atoms with E-state index >= 15 is 0 Å². The fourth-order valence-corrected chi connectivity index (χ4v) is 2.40. The van der Waals surface area contributed by atoms with Crippen molar-refractivity contribution in [3.8, 4) is 5.75 Å². The van der Waals surface area contributed by atoms with Crippen LogP contribution < -0.4 is 15.4 Å². The first-order valence-electron chi connectivity index (χ1n) is 7.51. The van der Waals surface area contributed by atoms with Crippen LogP contribution in [0.1, 0.15) is 17.3 Å². The van der Waals surface area contributed by atoms with Gasteiger partial charge in [0.1, 0.15) is 5.75 Å². The Morgan fingerprint density at radius 1 is 1.00 bits per heavy atom. The maximum absolute atomic E-state index is 11.9. The summed E-state index contributed by atoms with van der Waals surface area (Å²) in [7, 11) is 0. The number of ether oxygens (including phenoxy) is 1. The van der Waals surface area contributed by atoms with E-state index < -0.39 is 5.91 Å². The van der Waals surface area contributed by atoms with Gasteiger partial charge in [-0.2, -0.15) is 0 Å². The highest BCUT2D eigenvalue weighted by atomic mass is 79.9. The van der Waals surface area contributed by atoms with Crippen LogP contribution in [0, 0.1) is 0 Å². The number of rotatable bonds is 7. The van der Waals surface area contributed by atoms with Crippen LogP contribution in [0.2, 0.25) is 0 Å². The molecule has 0 spiro atoms. The monoisotopic (exact) mass is 404 g/mol. The minimum absolute atomic E-state index is 0.149. The zero-order valence-corrected chi connectivity index (χ0v) is 15.1. The van der Waals surface area contributed by atoms with Crippen molar-refractivity contribution in [2.45, 2.75) is 6.92 Å². The van der Waals surface area contributed by atoms with E-state index in [-0.39, 0.29) is 24.8 Å². The highest BCUT2D eigenvalue weighted by Gasteiger charge is 2.11. The minimum Gasteiger partial charge on any atom is -0.483 e. The van der Waals surface area contributed by atoms with Crippen molar-refractivity contribution in [2.75, 3.05) is 18.5 Å². The average Bonchev–Trinajstić information content (AvgIpc) is 2.60. The number of nitrogens with one attached hydrogen (secondary N) is 2. The average molecular weight is 405 g/mol. The summed E-state index contributed by atoms with van der Waals surface area (Å²) in [4.78, 5) is 35.2. The number of para-hydroxylation sites is 2. The summed E-state index contributed by atoms with van der Waals surface area (Å²) < 4.78 is 6.11. The molecule has 2 amide bonds. The summed E-state index contributed by atoms with van der Waals surface area (Å²) in [6.07, 6.45) is 0. The van der Waals surface area contributed by atoms with E-state index in [1.165, 1.54) is 6.92 Å². The molecule has 0 aliphatic carbocycles. The van der Waals surface area contributed by atoms with Gasteiger partial charge in [-0.1, -0.05) is 24.3 Å². The van der Waals surface area contributed by atoms with Gasteiger partial charge in [-0.25, -0.2) is 0 Å². The molecule has 25 heavy (non-hydrogen) atoms. The molecule has 0 saturated carbocycles. The van der Waals surface area contributed by atoms with Crippen LogP contribution in [0.15, 0.2) is 53.0 Å². The molecule has 0 fully saturated rings. The van der Waals surface area contributed by atoms with E-state index in [0.29, 0.717) is 17.0 Å². The number of amides is 2. The largest absolute Gasteiger partial charge is 0.483 e. The zero-order chi connectivity index (χ0) is 18.2. The molecule has 0 heterocycles. The molecule has 0 unspecified atom stereocenters. The van der Waals surface area contributed by atoms with E-state index in [9.17, 15) is 14.4 Å². The number of Topliss-reactive ketones (excluding diaryl/α,β-unsaturated/α-hetero) is 1. The van der Waals surface area contributed by atoms with Crippen molar-refractivity contribution in [1.82, 2.24) is 5.32 Å². The highest BCUT2D eigenvalue weighted by Crippen LogP contribution is 2.21. The van der Waals surface area contributed by atoms with E-state index in [0.717, 1.165) is 4.47 Å². The van der Waals surface area contributed by atoms with Gasteiger partial charge in [0.25, 0.3) is 5.91 Å². The van der Waals surface area contributed by atoms with E-state index in [1.54, 1.807) is 42.5 Å². The number of hydrogen-bond acceptors (Lipinski definition) is 4. The molecule has 6 nitrogen and oxygen atoms in total. The lowest BCUT2D eigenvalue weighted by Crippen LogP contribution is -2.35. The lowest BCUT2D eigenvalue weighted by atomic mass is 10.1. The first-order valence-corrected chi connectivity index (χ1v) is 8.30. The maximum Gasteiger partial charge on any atom is 0.258 e. The Kier molecular flexibility index (Phi) is 6.71. The predicted octanol–water partition coefficient (Wildman–Crippen LogP) is 2.79. The van der Waals surface area contributed by atoms with Crippen LogP contribution in [-0.2, 0) is 9.59 Å². The van der Waals surface area contributed by atoms with Gasteiger partial charge < -0.3 is 15.4 Å². The van der Waals surface area contributed by atoms with Crippen LogP contribution >= 0.6 is 15.9 Å². The first-order chi connectivity index (χ1) is 12.0. The molecular weight excluding hydrogens is 388 g/mol. The molecule has 0 bridgehead atoms. The Balaban J connectivity index is 1.80. The molecule has 0 radical (unpaired) electrons. The fourth-order valence-electron chi connectivity index (χ4n) is 2.01. The van der Waals surface area contributed by atoms with Gasteiger partial charge >= 0.3 is 0 Å². The summed E-state index contributed by atoms with van der Waals surface area (Å²) in [6.45, 7) is 0.957. The van der Waals surface area contributed by atoms with Crippen molar-refractivity contribution >= 4 is 39.2 Å². The number of benzene rings is 2. The van der Waals surface area contributed by atoms with Crippen molar-refractivity contribution in [1.29, 1.82) is 0 Å². The Hall–Kier alpha value is -2.67. The van der Waals surface area contributed by atoms with Crippen molar-refractivity contribution < 1.29 is 19.1 Å². The van der Waals surface area contributed by atoms with Gasteiger partial charge in [0, 0.05) is 4.47 Å². The fraction of sp³-hybridized carbons (Fsp3) is 0.167. The molecular formula is C18H17BrN2O4. The van der Waals surface area contributed by atoms with Gasteiger partial charge in [-0.3, -0.25) is 14.4 Å². The second-order valence-electron chi connectivity index (χ2n) is 5.15. The molecule has 2 aromatic rings. The topological polar surface area (TPSA) is 84.5 Å². The Bertz CT molecular complexity index is 792. The lowest BCUT2D eigenvalue weighted by molar-refractivity contribution is -0.125. The molecule has 0 saturated heterocycles. The summed E-state index contributed by atoms with van der Waals surface area (Å²) >= 11 is 3.32. The molecule has 7 heteroatoms. The van der Waals surface area contributed by atoms with Crippen LogP contribution in [0.3, 0.4) is 0 Å². The molecule has 0 atom stereocenters. The van der Waals surface area contributed by atoms with Crippen molar-refractivity contribution in [3.05, 3.63) is 58.6 Å². The van der Waals surface area contributed by atoms with Gasteiger partial charge in [0.05, 0.1) is 17.8 Å². The Morgan fingerprint density at radius 2 is 1.68 bits per heavy atom. The third-order valence-electron chi connectivity index (χ3n) is 3.22. The second-order valence-corrected chi connectivity index (χ2v) is 6.00. The zero-order valence-electron chi connectivity index (χ0n) is 13.5. The molecule has 130 valence electrons. The molecule has 0 aromatic heterocycles. The Morgan fingerprint density at radius 3 is 2.40 bits per heavy atom. The molecule has 2 rings (SSSR count). The molecule has 2 aromatic carbocycles. The summed E-state index contributed by atoms with van der Waals surface area (Å²) in [6, 6.07) is 13.8. The highest BCUT2D eigenvalue weighted by molar-refractivity contribution is 9.10. The number of carbonyl (C=O) groups is 3. The third kappa shape index (κ3) is 5.72. The van der Waals surface area contributed by atoms with Gasteiger partial charge in [0.2, 0.25) is 5.91 Å². The summed E-state index contributed by atoms with van der Waals surface area (Å²) in [5, 5.41) is 5.14. The first kappa shape index (κ1) is 18.7. The predicted molar refractivity (Wildman–Crippen MR) is 97.7 cm³/mol. The number of hydrogen-bond donors (Lipinski definition) is 2. The van der Waals surface area contributed by atoms with Gasteiger partial charge in [0.15, 0.2) is 12.4 Å². The van der Waals surface area contributed by atoms with Crippen molar-refractivity contribution in [2.24, 2.45) is 0 Å². The summed E-state index contributed by atoms with van der Waals surface area (Å²) in [5.41, 5.74) is 1.02. The molecule has 0 aliphatic heterocycles. The SMILES string of the molecule is CC(=O)c1ccccc1OCC(=O)NCC(=O)Nc1ccccc1Br. The number of halogens is 1. The van der Waals surface area contributed by atoms with Crippen LogP contribution in [0.4, 0.5) is 5.69 Å². The number of anilines is 1. The number of carbonyl (C=O) groups excluding carboxylic acids is 3. The van der Waals surface area contributed by atoms with E-state index in [1.807, 2.05) is 6.07 Å². The minimum atomic E-state index is -0.458. The number of ketones is 1. The molecule has 2 N–H and O–H groups in total. The standard InChI is InChI=1S/C18H17BrN2O4/c1-12(22)13-6-2-5-9-16(13)25-11-18(24)20-10-17(23)21-15-8-4-3-7-14(15)19/h2-9H,10-11H2,1H3,(H,20,24)(H,21,23). The quantitative estimate of drug-likeness (QED) is 0.694. The Labute approximate surface area is 153 Å². The van der Waals surface area contributed by atoms with Crippen LogP contribution in [0.25, 0.3) is 0 Å². The van der Waals surface area contributed by atoms with Crippen LogP contribution in [0.5, 0.6) is 5.75 Å². The third-order valence-corrected chi connectivity index (χ3v) is 3.91. The van der Waals surface area contributed by atoms with Gasteiger partial charge in [-0.15, -0.1) is 0 Å². The maximum atomic E-state index is 11.9. The summed E-state index contributed by atoms with van der Waals surface area (Å²) in [5.74, 6) is -0.628. The lowest BCUT2D eigenvalue weighted by Gasteiger charge is -2.10. The van der Waals surface area contributed by atoms with Crippen LogP contribution in [-0.4, -0.2) is 30.7 Å². The second kappa shape index (κ2) is 8.98. The van der Waals surface area contributed by atoms with E-state index in [4.69, 9.17) is 4.74 Å².